The third kappa shape index (κ3) is 4.22. The molecule has 3 nitrogen and oxygen atoms in total. The summed E-state index contributed by atoms with van der Waals surface area (Å²) in [5.74, 6) is 2.43. The molecular weight excluding hydrogens is 248 g/mol. The van der Waals surface area contributed by atoms with Crippen LogP contribution >= 0.6 is 0 Å². The molecule has 2 N–H and O–H groups in total. The van der Waals surface area contributed by atoms with E-state index in [9.17, 15) is 0 Å². The molecule has 0 radical (unpaired) electrons. The van der Waals surface area contributed by atoms with Crippen molar-refractivity contribution in [2.75, 3.05) is 27.2 Å². The van der Waals surface area contributed by atoms with Gasteiger partial charge >= 0.3 is 0 Å². The molecule has 1 saturated carbocycles. The van der Waals surface area contributed by atoms with Gasteiger partial charge in [0.05, 0.1) is 7.11 Å². The first-order valence-corrected chi connectivity index (χ1v) is 7.74. The highest BCUT2D eigenvalue weighted by atomic mass is 16.5. The number of ether oxygens (including phenoxy) is 1. The third-order valence-corrected chi connectivity index (χ3v) is 4.50. The predicted molar refractivity (Wildman–Crippen MR) is 83.8 cm³/mol. The first-order chi connectivity index (χ1) is 9.72. The zero-order valence-electron chi connectivity index (χ0n) is 12.8. The van der Waals surface area contributed by atoms with E-state index in [0.29, 0.717) is 0 Å². The molecule has 0 aliphatic heterocycles. The number of methoxy groups -OCH3 is 1. The predicted octanol–water partition coefficient (Wildman–Crippen LogP) is 2.89. The van der Waals surface area contributed by atoms with Gasteiger partial charge in [-0.1, -0.05) is 25.0 Å². The minimum Gasteiger partial charge on any atom is -0.497 e. The molecule has 112 valence electrons. The first-order valence-electron chi connectivity index (χ1n) is 7.74. The van der Waals surface area contributed by atoms with Gasteiger partial charge in [0.25, 0.3) is 0 Å². The molecule has 3 heteroatoms. The average Bonchev–Trinajstić information content (AvgIpc) is 2.48. The highest BCUT2D eigenvalue weighted by Gasteiger charge is 2.24. The molecule has 0 saturated heterocycles. The normalized spacial score (nSPS) is 23.0. The molecule has 0 heterocycles. The maximum Gasteiger partial charge on any atom is 0.119 e. The number of rotatable bonds is 6. The van der Waals surface area contributed by atoms with Crippen molar-refractivity contribution in [3.63, 3.8) is 0 Å². The molecule has 1 aromatic rings. The summed E-state index contributed by atoms with van der Waals surface area (Å²) < 4.78 is 5.29. The second kappa shape index (κ2) is 7.65. The largest absolute Gasteiger partial charge is 0.497 e. The summed E-state index contributed by atoms with van der Waals surface area (Å²) in [7, 11) is 3.93. The zero-order valence-corrected chi connectivity index (χ0v) is 12.8. The third-order valence-electron chi connectivity index (χ3n) is 4.50. The van der Waals surface area contributed by atoms with Gasteiger partial charge in [0.15, 0.2) is 0 Å². The molecule has 0 spiro atoms. The second-order valence-corrected chi connectivity index (χ2v) is 6.09. The van der Waals surface area contributed by atoms with E-state index in [1.165, 1.54) is 31.2 Å². The van der Waals surface area contributed by atoms with Gasteiger partial charge in [0.1, 0.15) is 5.75 Å². The average molecular weight is 276 g/mol. The summed E-state index contributed by atoms with van der Waals surface area (Å²) in [6.45, 7) is 2.97. The van der Waals surface area contributed by atoms with E-state index in [0.717, 1.165) is 37.2 Å². The fraction of sp³-hybridized carbons (Fsp3) is 0.647. The number of nitrogens with zero attached hydrogens (tertiary/aromatic N) is 1. The van der Waals surface area contributed by atoms with Crippen LogP contribution in [0.25, 0.3) is 0 Å². The van der Waals surface area contributed by atoms with Crippen LogP contribution in [0.3, 0.4) is 0 Å². The van der Waals surface area contributed by atoms with Crippen LogP contribution in [0.2, 0.25) is 0 Å². The van der Waals surface area contributed by atoms with Crippen molar-refractivity contribution in [1.29, 1.82) is 0 Å². The lowest BCUT2D eigenvalue weighted by Crippen LogP contribution is -2.35. The number of nitrogens with two attached hydrogens (primary N) is 1. The Hall–Kier alpha value is -1.06. The van der Waals surface area contributed by atoms with Crippen LogP contribution in [0.4, 0.5) is 0 Å². The molecule has 2 unspecified atom stereocenters. The van der Waals surface area contributed by atoms with Gasteiger partial charge in [0.2, 0.25) is 0 Å². The van der Waals surface area contributed by atoms with E-state index in [1.54, 1.807) is 7.11 Å². The second-order valence-electron chi connectivity index (χ2n) is 6.09. The molecule has 1 aromatic carbocycles. The van der Waals surface area contributed by atoms with Crippen LogP contribution in [0, 0.1) is 11.8 Å². The summed E-state index contributed by atoms with van der Waals surface area (Å²) in [5.41, 5.74) is 7.24. The highest BCUT2D eigenvalue weighted by Crippen LogP contribution is 2.30. The number of hydrogen-bond acceptors (Lipinski definition) is 3. The van der Waals surface area contributed by atoms with E-state index in [4.69, 9.17) is 10.5 Å². The fourth-order valence-electron chi connectivity index (χ4n) is 3.38. The van der Waals surface area contributed by atoms with Crippen molar-refractivity contribution in [2.45, 2.75) is 32.2 Å². The number of hydrogen-bond donors (Lipinski definition) is 1. The van der Waals surface area contributed by atoms with Gasteiger partial charge in [0, 0.05) is 13.1 Å². The summed E-state index contributed by atoms with van der Waals surface area (Å²) in [6.07, 6.45) is 5.38. The first kappa shape index (κ1) is 15.3. The lowest BCUT2D eigenvalue weighted by atomic mass is 9.79. The summed E-state index contributed by atoms with van der Waals surface area (Å²) in [6, 6.07) is 8.35. The van der Waals surface area contributed by atoms with Crippen molar-refractivity contribution in [3.05, 3.63) is 29.8 Å². The van der Waals surface area contributed by atoms with Gasteiger partial charge in [-0.05, 0) is 56.0 Å². The van der Waals surface area contributed by atoms with Crippen LogP contribution < -0.4 is 10.5 Å². The van der Waals surface area contributed by atoms with Crippen LogP contribution in [-0.4, -0.2) is 32.1 Å². The highest BCUT2D eigenvalue weighted by molar-refractivity contribution is 5.28. The molecule has 1 aliphatic carbocycles. The van der Waals surface area contributed by atoms with Crippen molar-refractivity contribution in [3.8, 4) is 5.75 Å². The Kier molecular flexibility index (Phi) is 5.86. The molecular formula is C17H28N2O. The Labute approximate surface area is 123 Å². The Morgan fingerprint density at radius 3 is 2.70 bits per heavy atom. The molecule has 2 atom stereocenters. The molecule has 0 bridgehead atoms. The van der Waals surface area contributed by atoms with E-state index in [-0.39, 0.29) is 0 Å². The van der Waals surface area contributed by atoms with Crippen LogP contribution in [0.15, 0.2) is 24.3 Å². The maximum atomic E-state index is 5.92. The summed E-state index contributed by atoms with van der Waals surface area (Å²) in [4.78, 5) is 2.42. The van der Waals surface area contributed by atoms with Gasteiger partial charge < -0.3 is 15.4 Å². The SMILES string of the molecule is COc1cccc(CN(C)CC2CCCCC2CN)c1. The minimum atomic E-state index is 0.719. The topological polar surface area (TPSA) is 38.5 Å². The van der Waals surface area contributed by atoms with Crippen molar-refractivity contribution in [1.82, 2.24) is 4.90 Å². The van der Waals surface area contributed by atoms with Crippen molar-refractivity contribution >= 4 is 0 Å². The molecule has 1 aliphatic rings. The Balaban J connectivity index is 1.89. The fourth-order valence-corrected chi connectivity index (χ4v) is 3.38. The molecule has 1 fully saturated rings. The van der Waals surface area contributed by atoms with E-state index < -0.39 is 0 Å². The van der Waals surface area contributed by atoms with Gasteiger partial charge in [-0.25, -0.2) is 0 Å². The number of benzene rings is 1. The quantitative estimate of drug-likeness (QED) is 0.868. The maximum absolute atomic E-state index is 5.92. The Bertz CT molecular complexity index is 408. The van der Waals surface area contributed by atoms with Gasteiger partial charge in [-0.15, -0.1) is 0 Å². The van der Waals surface area contributed by atoms with Gasteiger partial charge in [-0.2, -0.15) is 0 Å². The van der Waals surface area contributed by atoms with Crippen molar-refractivity contribution < 1.29 is 4.74 Å². The van der Waals surface area contributed by atoms with E-state index >= 15 is 0 Å². The Morgan fingerprint density at radius 1 is 1.25 bits per heavy atom. The van der Waals surface area contributed by atoms with Crippen LogP contribution in [-0.2, 0) is 6.54 Å². The Morgan fingerprint density at radius 2 is 2.00 bits per heavy atom. The van der Waals surface area contributed by atoms with Gasteiger partial charge in [-0.3, -0.25) is 0 Å². The van der Waals surface area contributed by atoms with E-state index in [2.05, 4.69) is 30.1 Å². The lowest BCUT2D eigenvalue weighted by Gasteiger charge is -2.33. The summed E-state index contributed by atoms with van der Waals surface area (Å²) in [5, 5.41) is 0. The smallest absolute Gasteiger partial charge is 0.119 e. The standard InChI is InChI=1S/C17H28N2O/c1-19(12-14-6-5-9-17(10-14)20-2)13-16-8-4-3-7-15(16)11-18/h5-6,9-10,15-16H,3-4,7-8,11-13,18H2,1-2H3. The van der Waals surface area contributed by atoms with Crippen LogP contribution in [0.5, 0.6) is 5.75 Å². The molecule has 0 aromatic heterocycles. The summed E-state index contributed by atoms with van der Waals surface area (Å²) >= 11 is 0. The van der Waals surface area contributed by atoms with Crippen molar-refractivity contribution in [2.24, 2.45) is 17.6 Å². The van der Waals surface area contributed by atoms with E-state index in [1.807, 2.05) is 6.07 Å². The molecule has 20 heavy (non-hydrogen) atoms. The minimum absolute atomic E-state index is 0.719. The molecule has 0 amide bonds. The van der Waals surface area contributed by atoms with Crippen LogP contribution in [0.1, 0.15) is 31.2 Å². The monoisotopic (exact) mass is 276 g/mol. The molecule has 2 rings (SSSR count). The lowest BCUT2D eigenvalue weighted by molar-refractivity contribution is 0.170. The zero-order chi connectivity index (χ0) is 14.4.